The second kappa shape index (κ2) is 6.01. The molecule has 0 fully saturated rings. The summed E-state index contributed by atoms with van der Waals surface area (Å²) >= 11 is 3.41. The van der Waals surface area contributed by atoms with Crippen molar-refractivity contribution < 1.29 is 4.39 Å². The largest absolute Gasteiger partial charge is 0.289 e. The van der Waals surface area contributed by atoms with Crippen LogP contribution in [0.3, 0.4) is 0 Å². The van der Waals surface area contributed by atoms with E-state index in [9.17, 15) is 4.39 Å². The number of hydrogen-bond acceptors (Lipinski definition) is 1. The van der Waals surface area contributed by atoms with Gasteiger partial charge in [-0.3, -0.25) is 9.38 Å². The minimum Gasteiger partial charge on any atom is -0.289 e. The molecule has 0 N–H and O–H groups in total. The standard InChI is InChI=1S/C12H15BrFN/c1-9-3-4-12(13)7-11(9)8-15-10(2)5-6-14/h3-4,7-8,10H,5-6H2,1-2H3/b15-8-/t10-/m0/s1. The van der Waals surface area contributed by atoms with E-state index in [0.29, 0.717) is 6.42 Å². The first-order valence-electron chi connectivity index (χ1n) is 4.98. The molecule has 0 radical (unpaired) electrons. The Morgan fingerprint density at radius 2 is 2.27 bits per heavy atom. The fraction of sp³-hybridized carbons (Fsp3) is 0.417. The number of rotatable bonds is 4. The summed E-state index contributed by atoms with van der Waals surface area (Å²) in [6, 6.07) is 6.09. The van der Waals surface area contributed by atoms with E-state index in [-0.39, 0.29) is 12.7 Å². The van der Waals surface area contributed by atoms with Gasteiger partial charge in [0.05, 0.1) is 6.67 Å². The lowest BCUT2D eigenvalue weighted by Gasteiger charge is -2.03. The van der Waals surface area contributed by atoms with Crippen molar-refractivity contribution in [2.45, 2.75) is 26.3 Å². The van der Waals surface area contributed by atoms with Crippen LogP contribution in [0.1, 0.15) is 24.5 Å². The van der Waals surface area contributed by atoms with E-state index in [1.54, 1.807) is 0 Å². The highest BCUT2D eigenvalue weighted by molar-refractivity contribution is 9.10. The normalized spacial score (nSPS) is 13.3. The lowest BCUT2D eigenvalue weighted by molar-refractivity contribution is 0.448. The monoisotopic (exact) mass is 271 g/mol. The number of nitrogens with zero attached hydrogens (tertiary/aromatic N) is 1. The number of benzene rings is 1. The van der Waals surface area contributed by atoms with Crippen LogP contribution >= 0.6 is 15.9 Å². The Bertz CT molecular complexity index is 349. The predicted octanol–water partition coefficient (Wildman–Crippen LogP) is 3.92. The zero-order valence-corrected chi connectivity index (χ0v) is 10.6. The fourth-order valence-electron chi connectivity index (χ4n) is 1.19. The number of hydrogen-bond donors (Lipinski definition) is 0. The average molecular weight is 272 g/mol. The van der Waals surface area contributed by atoms with Crippen LogP contribution in [-0.2, 0) is 0 Å². The van der Waals surface area contributed by atoms with Crippen LogP contribution in [0.2, 0.25) is 0 Å². The van der Waals surface area contributed by atoms with Crippen molar-refractivity contribution in [3.63, 3.8) is 0 Å². The maximum Gasteiger partial charge on any atom is 0.0914 e. The quantitative estimate of drug-likeness (QED) is 0.736. The van der Waals surface area contributed by atoms with Crippen molar-refractivity contribution in [1.29, 1.82) is 0 Å². The lowest BCUT2D eigenvalue weighted by Crippen LogP contribution is -2.00. The van der Waals surface area contributed by atoms with Crippen molar-refractivity contribution in [1.82, 2.24) is 0 Å². The summed E-state index contributed by atoms with van der Waals surface area (Å²) < 4.78 is 13.1. The van der Waals surface area contributed by atoms with E-state index in [2.05, 4.69) is 20.9 Å². The molecule has 0 aromatic heterocycles. The first-order chi connectivity index (χ1) is 7.13. The van der Waals surface area contributed by atoms with Crippen LogP contribution in [0.4, 0.5) is 4.39 Å². The maximum atomic E-state index is 12.0. The van der Waals surface area contributed by atoms with Crippen molar-refractivity contribution in [3.05, 3.63) is 33.8 Å². The summed E-state index contributed by atoms with van der Waals surface area (Å²) in [6.45, 7) is 3.65. The molecule has 1 aromatic carbocycles. The smallest absolute Gasteiger partial charge is 0.0914 e. The van der Waals surface area contributed by atoms with Gasteiger partial charge in [-0.1, -0.05) is 22.0 Å². The second-order valence-corrected chi connectivity index (χ2v) is 4.52. The van der Waals surface area contributed by atoms with Gasteiger partial charge < -0.3 is 0 Å². The number of alkyl halides is 1. The molecule has 1 atom stereocenters. The molecular weight excluding hydrogens is 257 g/mol. The highest BCUT2D eigenvalue weighted by atomic mass is 79.9. The third-order valence-corrected chi connectivity index (χ3v) is 2.73. The Labute approximate surface area is 98.5 Å². The van der Waals surface area contributed by atoms with Crippen LogP contribution in [0.25, 0.3) is 0 Å². The maximum absolute atomic E-state index is 12.0. The SMILES string of the molecule is Cc1ccc(Br)cc1/C=N\[C@@H](C)CCF. The second-order valence-electron chi connectivity index (χ2n) is 3.61. The Hall–Kier alpha value is -0.700. The first kappa shape index (κ1) is 12.4. The van der Waals surface area contributed by atoms with E-state index in [0.717, 1.165) is 10.0 Å². The van der Waals surface area contributed by atoms with E-state index in [1.165, 1.54) is 5.56 Å². The minimum absolute atomic E-state index is 0.0494. The summed E-state index contributed by atoms with van der Waals surface area (Å²) in [7, 11) is 0. The van der Waals surface area contributed by atoms with Gasteiger partial charge in [0.2, 0.25) is 0 Å². The fourth-order valence-corrected chi connectivity index (χ4v) is 1.57. The van der Waals surface area contributed by atoms with Gasteiger partial charge in [-0.15, -0.1) is 0 Å². The predicted molar refractivity (Wildman–Crippen MR) is 66.5 cm³/mol. The van der Waals surface area contributed by atoms with Crippen molar-refractivity contribution in [2.24, 2.45) is 4.99 Å². The Kier molecular flexibility index (Phi) is 4.95. The molecule has 15 heavy (non-hydrogen) atoms. The summed E-state index contributed by atoms with van der Waals surface area (Å²) in [4.78, 5) is 4.30. The van der Waals surface area contributed by atoms with E-state index in [1.807, 2.05) is 38.3 Å². The molecule has 0 bridgehead atoms. The third-order valence-electron chi connectivity index (χ3n) is 2.24. The van der Waals surface area contributed by atoms with Gasteiger partial charge in [0.15, 0.2) is 0 Å². The molecular formula is C12H15BrFN. The van der Waals surface area contributed by atoms with Gasteiger partial charge in [-0.2, -0.15) is 0 Å². The zero-order valence-electron chi connectivity index (χ0n) is 9.00. The molecule has 0 spiro atoms. The van der Waals surface area contributed by atoms with Crippen molar-refractivity contribution >= 4 is 22.1 Å². The molecule has 0 amide bonds. The van der Waals surface area contributed by atoms with Gasteiger partial charge in [0.25, 0.3) is 0 Å². The molecule has 0 aliphatic carbocycles. The molecule has 0 unspecified atom stereocenters. The molecule has 1 rings (SSSR count). The molecule has 0 saturated heterocycles. The Morgan fingerprint density at radius 1 is 1.53 bits per heavy atom. The molecule has 0 aliphatic heterocycles. The van der Waals surface area contributed by atoms with E-state index in [4.69, 9.17) is 0 Å². The third kappa shape index (κ3) is 4.12. The molecule has 0 aliphatic rings. The number of aryl methyl sites for hydroxylation is 1. The highest BCUT2D eigenvalue weighted by Gasteiger charge is 1.99. The summed E-state index contributed by atoms with van der Waals surface area (Å²) in [5.41, 5.74) is 2.25. The topological polar surface area (TPSA) is 12.4 Å². The summed E-state index contributed by atoms with van der Waals surface area (Å²) in [6.07, 6.45) is 2.31. The van der Waals surface area contributed by atoms with Gasteiger partial charge >= 0.3 is 0 Å². The van der Waals surface area contributed by atoms with E-state index >= 15 is 0 Å². The van der Waals surface area contributed by atoms with Gasteiger partial charge in [0.1, 0.15) is 0 Å². The van der Waals surface area contributed by atoms with E-state index < -0.39 is 0 Å². The van der Waals surface area contributed by atoms with Gasteiger partial charge in [-0.05, 0) is 43.5 Å². The molecule has 0 heterocycles. The van der Waals surface area contributed by atoms with Crippen molar-refractivity contribution in [2.75, 3.05) is 6.67 Å². The summed E-state index contributed by atoms with van der Waals surface area (Å²) in [5.74, 6) is 0. The molecule has 0 saturated carbocycles. The molecule has 3 heteroatoms. The Morgan fingerprint density at radius 3 is 2.93 bits per heavy atom. The van der Waals surface area contributed by atoms with Crippen LogP contribution in [-0.4, -0.2) is 18.9 Å². The molecule has 1 aromatic rings. The number of halogens is 2. The first-order valence-corrected chi connectivity index (χ1v) is 5.78. The lowest BCUT2D eigenvalue weighted by atomic mass is 10.1. The van der Waals surface area contributed by atoms with Crippen molar-refractivity contribution in [3.8, 4) is 0 Å². The van der Waals surface area contributed by atoms with Crippen LogP contribution in [0.5, 0.6) is 0 Å². The zero-order chi connectivity index (χ0) is 11.3. The molecule has 1 nitrogen and oxygen atoms in total. The highest BCUT2D eigenvalue weighted by Crippen LogP contribution is 2.14. The summed E-state index contributed by atoms with van der Waals surface area (Å²) in [5, 5.41) is 0. The molecule has 82 valence electrons. The van der Waals surface area contributed by atoms with Crippen LogP contribution in [0, 0.1) is 6.92 Å². The number of aliphatic imine (C=N–C) groups is 1. The van der Waals surface area contributed by atoms with Crippen LogP contribution in [0.15, 0.2) is 27.7 Å². The van der Waals surface area contributed by atoms with Crippen LogP contribution < -0.4 is 0 Å². The minimum atomic E-state index is -0.310. The Balaban J connectivity index is 2.75. The van der Waals surface area contributed by atoms with Gasteiger partial charge in [-0.25, -0.2) is 0 Å². The van der Waals surface area contributed by atoms with Gasteiger partial charge in [0, 0.05) is 16.7 Å². The average Bonchev–Trinajstić information content (AvgIpc) is 2.20.